The van der Waals surface area contributed by atoms with E-state index in [-0.39, 0.29) is 27.8 Å². The number of Topliss-reactive ketones (excluding diaryl/α,β-unsaturated/α-hetero) is 1. The molecule has 0 spiro atoms. The molecule has 3 nitrogen and oxygen atoms in total. The normalized spacial score (nSPS) is 20.4. The van der Waals surface area contributed by atoms with Crippen LogP contribution >= 0.6 is 0 Å². The van der Waals surface area contributed by atoms with E-state index < -0.39 is 0 Å². The zero-order valence-electron chi connectivity index (χ0n) is 21.4. The van der Waals surface area contributed by atoms with Crippen LogP contribution in [-0.2, 0) is 22.0 Å². The highest BCUT2D eigenvalue weighted by Crippen LogP contribution is 2.42. The molecule has 0 radical (unpaired) electrons. The molecule has 0 amide bonds. The molecule has 1 saturated heterocycles. The van der Waals surface area contributed by atoms with Crippen LogP contribution in [-0.4, -0.2) is 33.9 Å². The lowest BCUT2D eigenvalue weighted by Crippen LogP contribution is -2.59. The maximum absolute atomic E-state index is 13.2. The lowest BCUT2D eigenvalue weighted by molar-refractivity contribution is -0.130. The van der Waals surface area contributed by atoms with Crippen molar-refractivity contribution in [3.05, 3.63) is 28.8 Å². The first-order valence-electron chi connectivity index (χ1n) is 11.5. The minimum Gasteiger partial charge on any atom is -0.507 e. The Morgan fingerprint density at radius 1 is 0.967 bits per heavy atom. The number of benzene rings is 1. The van der Waals surface area contributed by atoms with Gasteiger partial charge in [0, 0.05) is 23.4 Å². The number of phenols is 1. The summed E-state index contributed by atoms with van der Waals surface area (Å²) >= 11 is 0. The molecular formula is C27H45NO2. The minimum atomic E-state index is -0.147. The third-order valence-corrected chi connectivity index (χ3v) is 7.21. The molecule has 0 aliphatic carbocycles. The first kappa shape index (κ1) is 24.9. The van der Waals surface area contributed by atoms with Gasteiger partial charge >= 0.3 is 0 Å². The van der Waals surface area contributed by atoms with Crippen molar-refractivity contribution in [1.82, 2.24) is 4.90 Å². The van der Waals surface area contributed by atoms with Crippen molar-refractivity contribution in [2.75, 3.05) is 7.05 Å². The Morgan fingerprint density at radius 2 is 1.37 bits per heavy atom. The van der Waals surface area contributed by atoms with Gasteiger partial charge in [-0.2, -0.15) is 0 Å². The predicted octanol–water partition coefficient (Wildman–Crippen LogP) is 6.39. The van der Waals surface area contributed by atoms with Gasteiger partial charge in [0.2, 0.25) is 0 Å². The van der Waals surface area contributed by atoms with Gasteiger partial charge < -0.3 is 5.11 Å². The Bertz CT molecular complexity index is 737. The molecule has 3 heteroatoms. The Balaban J connectivity index is 2.26. The van der Waals surface area contributed by atoms with E-state index in [2.05, 4.69) is 93.3 Å². The molecule has 0 saturated carbocycles. The average molecular weight is 416 g/mol. The predicted molar refractivity (Wildman–Crippen MR) is 127 cm³/mol. The molecule has 1 aliphatic rings. The molecule has 1 aliphatic heterocycles. The molecular weight excluding hydrogens is 370 g/mol. The summed E-state index contributed by atoms with van der Waals surface area (Å²) < 4.78 is 0. The second-order valence-corrected chi connectivity index (χ2v) is 12.8. The molecule has 0 aromatic heterocycles. The number of carbonyl (C=O) groups is 1. The summed E-state index contributed by atoms with van der Waals surface area (Å²) in [7, 11) is 2.18. The number of aromatic hydroxyl groups is 1. The standard InChI is InChI=1S/C27H45NO2/c1-24(2,3)20-14-18(15-21(23(20)30)25(4,5)6)12-13-22(29)19-16-26(7,8)28(11)27(9,10)17-19/h14-15,19,30H,12-13,16-17H2,1-11H3. The quantitative estimate of drug-likeness (QED) is 0.619. The molecule has 170 valence electrons. The number of aryl methyl sites for hydroxylation is 1. The Labute approximate surface area is 185 Å². The van der Waals surface area contributed by atoms with E-state index in [4.69, 9.17) is 0 Å². The first-order valence-corrected chi connectivity index (χ1v) is 11.5. The molecule has 1 N–H and O–H groups in total. The lowest BCUT2D eigenvalue weighted by atomic mass is 9.72. The number of rotatable bonds is 4. The summed E-state index contributed by atoms with van der Waals surface area (Å²) in [4.78, 5) is 15.6. The number of phenolic OH excluding ortho intramolecular Hbond substituents is 1. The van der Waals surface area contributed by atoms with E-state index in [1.54, 1.807) is 0 Å². The van der Waals surface area contributed by atoms with Crippen LogP contribution in [0.25, 0.3) is 0 Å². The van der Waals surface area contributed by atoms with Gasteiger partial charge in [-0.05, 0) is 81.5 Å². The highest BCUT2D eigenvalue weighted by molar-refractivity contribution is 5.81. The van der Waals surface area contributed by atoms with Gasteiger partial charge in [-0.3, -0.25) is 9.69 Å². The van der Waals surface area contributed by atoms with Crippen molar-refractivity contribution >= 4 is 5.78 Å². The van der Waals surface area contributed by atoms with Gasteiger partial charge in [0.15, 0.2) is 0 Å². The van der Waals surface area contributed by atoms with Crippen LogP contribution < -0.4 is 0 Å². The lowest BCUT2D eigenvalue weighted by Gasteiger charge is -2.53. The first-order chi connectivity index (χ1) is 13.4. The number of nitrogens with zero attached hydrogens (tertiary/aromatic N) is 1. The fourth-order valence-electron chi connectivity index (χ4n) is 5.05. The van der Waals surface area contributed by atoms with E-state index in [9.17, 15) is 9.90 Å². The molecule has 1 heterocycles. The molecule has 0 unspecified atom stereocenters. The van der Waals surface area contributed by atoms with Gasteiger partial charge in [0.25, 0.3) is 0 Å². The maximum Gasteiger partial charge on any atom is 0.136 e. The molecule has 1 fully saturated rings. The summed E-state index contributed by atoms with van der Waals surface area (Å²) in [5, 5.41) is 10.9. The van der Waals surface area contributed by atoms with Gasteiger partial charge in [-0.25, -0.2) is 0 Å². The summed E-state index contributed by atoms with van der Waals surface area (Å²) in [5.74, 6) is 0.906. The van der Waals surface area contributed by atoms with Crippen molar-refractivity contribution in [3.63, 3.8) is 0 Å². The molecule has 2 rings (SSSR count). The van der Waals surface area contributed by atoms with Crippen LogP contribution in [0.4, 0.5) is 0 Å². The van der Waals surface area contributed by atoms with Crippen LogP contribution in [0.1, 0.15) is 105 Å². The number of piperidine rings is 1. The summed E-state index contributed by atoms with van der Waals surface area (Å²) in [6.07, 6.45) is 3.14. The molecule has 30 heavy (non-hydrogen) atoms. The monoisotopic (exact) mass is 415 g/mol. The smallest absolute Gasteiger partial charge is 0.136 e. The number of likely N-dealkylation sites (tertiary alicyclic amines) is 1. The van der Waals surface area contributed by atoms with E-state index in [1.165, 1.54) is 0 Å². The third kappa shape index (κ3) is 5.28. The zero-order chi connectivity index (χ0) is 23.3. The Morgan fingerprint density at radius 3 is 1.73 bits per heavy atom. The SMILES string of the molecule is CN1C(C)(C)CC(C(=O)CCc2cc(C(C)(C)C)c(O)c(C(C)(C)C)c2)CC1(C)C. The number of hydrogen-bond acceptors (Lipinski definition) is 3. The third-order valence-electron chi connectivity index (χ3n) is 7.21. The Kier molecular flexibility index (Phi) is 6.62. The van der Waals surface area contributed by atoms with E-state index in [0.29, 0.717) is 18.0 Å². The van der Waals surface area contributed by atoms with Gasteiger partial charge in [-0.15, -0.1) is 0 Å². The van der Waals surface area contributed by atoms with Crippen molar-refractivity contribution in [1.29, 1.82) is 0 Å². The van der Waals surface area contributed by atoms with Crippen molar-refractivity contribution in [2.24, 2.45) is 5.92 Å². The van der Waals surface area contributed by atoms with E-state index in [1.807, 2.05) is 0 Å². The van der Waals surface area contributed by atoms with Crippen molar-refractivity contribution in [2.45, 2.75) is 117 Å². The fourth-order valence-corrected chi connectivity index (χ4v) is 5.05. The number of carbonyl (C=O) groups excluding carboxylic acids is 1. The van der Waals surface area contributed by atoms with E-state index >= 15 is 0 Å². The van der Waals surface area contributed by atoms with E-state index in [0.717, 1.165) is 36.0 Å². The molecule has 0 atom stereocenters. The molecule has 1 aromatic carbocycles. The van der Waals surface area contributed by atoms with Crippen molar-refractivity contribution < 1.29 is 9.90 Å². The van der Waals surface area contributed by atoms with Crippen LogP contribution in [0.5, 0.6) is 5.75 Å². The average Bonchev–Trinajstić information content (AvgIpc) is 2.55. The van der Waals surface area contributed by atoms with Crippen LogP contribution in [0.3, 0.4) is 0 Å². The van der Waals surface area contributed by atoms with Crippen molar-refractivity contribution in [3.8, 4) is 5.75 Å². The fraction of sp³-hybridized carbons (Fsp3) is 0.741. The van der Waals surface area contributed by atoms with Crippen LogP contribution in [0.15, 0.2) is 12.1 Å². The van der Waals surface area contributed by atoms with Crippen LogP contribution in [0.2, 0.25) is 0 Å². The number of ketones is 1. The summed E-state index contributed by atoms with van der Waals surface area (Å²) in [5.41, 5.74) is 2.86. The highest BCUT2D eigenvalue weighted by atomic mass is 16.3. The van der Waals surface area contributed by atoms with Crippen LogP contribution in [0, 0.1) is 5.92 Å². The molecule has 0 bridgehead atoms. The second-order valence-electron chi connectivity index (χ2n) is 12.8. The van der Waals surface area contributed by atoms with Gasteiger partial charge in [0.1, 0.15) is 11.5 Å². The summed E-state index contributed by atoms with van der Waals surface area (Å²) in [6.45, 7) is 21.8. The zero-order valence-corrected chi connectivity index (χ0v) is 21.4. The number of hydrogen-bond donors (Lipinski definition) is 1. The minimum absolute atomic E-state index is 0.0272. The highest BCUT2D eigenvalue weighted by Gasteiger charge is 2.44. The maximum atomic E-state index is 13.2. The van der Waals surface area contributed by atoms with Gasteiger partial charge in [0.05, 0.1) is 0 Å². The topological polar surface area (TPSA) is 40.5 Å². The second kappa shape index (κ2) is 7.97. The summed E-state index contributed by atoms with van der Waals surface area (Å²) in [6, 6.07) is 4.22. The Hall–Kier alpha value is -1.35. The van der Waals surface area contributed by atoms with Gasteiger partial charge in [-0.1, -0.05) is 53.7 Å². The largest absolute Gasteiger partial charge is 0.507 e. The molecule has 1 aromatic rings.